The summed E-state index contributed by atoms with van der Waals surface area (Å²) in [6.45, 7) is 4.51. The Hall–Kier alpha value is -2.20. The summed E-state index contributed by atoms with van der Waals surface area (Å²) < 4.78 is 0. The molecule has 0 bridgehead atoms. The number of anilines is 2. The molecule has 1 saturated heterocycles. The molecule has 0 saturated carbocycles. The van der Waals surface area contributed by atoms with Crippen LogP contribution in [0.25, 0.3) is 0 Å². The summed E-state index contributed by atoms with van der Waals surface area (Å²) in [6.07, 6.45) is 0. The molecule has 1 aliphatic rings. The van der Waals surface area contributed by atoms with Crippen LogP contribution < -0.4 is 10.2 Å². The number of halogens is 1. The van der Waals surface area contributed by atoms with Crippen LogP contribution in [0.1, 0.15) is 6.92 Å². The first-order chi connectivity index (χ1) is 11.2. The van der Waals surface area contributed by atoms with Crippen molar-refractivity contribution < 1.29 is 4.79 Å². The third-order valence-electron chi connectivity index (χ3n) is 4.13. The molecule has 0 unspecified atom stereocenters. The van der Waals surface area contributed by atoms with Crippen molar-refractivity contribution in [2.45, 2.75) is 13.0 Å². The van der Waals surface area contributed by atoms with E-state index in [1.165, 1.54) is 5.69 Å². The van der Waals surface area contributed by atoms with E-state index in [1.54, 1.807) is 17.0 Å². The highest BCUT2D eigenvalue weighted by Gasteiger charge is 2.34. The van der Waals surface area contributed by atoms with E-state index in [-0.39, 0.29) is 6.03 Å². The van der Waals surface area contributed by atoms with Gasteiger partial charge in [-0.05, 0) is 31.2 Å². The largest absolute Gasteiger partial charge is 0.365 e. The second kappa shape index (κ2) is 6.92. The Balaban J connectivity index is 1.58. The van der Waals surface area contributed by atoms with Crippen LogP contribution in [0.4, 0.5) is 16.2 Å². The normalized spacial score (nSPS) is 14.3. The lowest BCUT2D eigenvalue weighted by atomic mass is 10.1. The highest BCUT2D eigenvalue weighted by Crippen LogP contribution is 2.25. The van der Waals surface area contributed by atoms with Crippen molar-refractivity contribution in [3.8, 4) is 0 Å². The van der Waals surface area contributed by atoms with Gasteiger partial charge in [0.25, 0.3) is 0 Å². The highest BCUT2D eigenvalue weighted by atomic mass is 35.5. The number of urea groups is 1. The summed E-state index contributed by atoms with van der Waals surface area (Å²) in [7, 11) is 0. The average Bonchev–Trinajstić information content (AvgIpc) is 2.53. The number of carbonyl (C=O) groups excluding carboxylic acids is 1. The molecule has 0 atom stereocenters. The standard InChI is InChI=1S/C18H20ClN3O/c1-2-22(14-8-4-3-5-9-14)15-12-21(13-15)18(23)20-17-11-7-6-10-16(17)19/h3-11,15H,2,12-13H2,1H3,(H,20,23). The minimum absolute atomic E-state index is 0.0986. The zero-order valence-corrected chi connectivity index (χ0v) is 13.8. The number of hydrogen-bond donors (Lipinski definition) is 1. The number of rotatable bonds is 4. The van der Waals surface area contributed by atoms with Crippen molar-refractivity contribution in [3.63, 3.8) is 0 Å². The Morgan fingerprint density at radius 1 is 1.17 bits per heavy atom. The van der Waals surface area contributed by atoms with Crippen LogP contribution in [0.2, 0.25) is 5.02 Å². The maximum atomic E-state index is 12.3. The van der Waals surface area contributed by atoms with Crippen molar-refractivity contribution in [2.75, 3.05) is 29.9 Å². The van der Waals surface area contributed by atoms with Crippen molar-refractivity contribution in [1.82, 2.24) is 4.90 Å². The maximum Gasteiger partial charge on any atom is 0.322 e. The summed E-state index contributed by atoms with van der Waals surface area (Å²) in [5.74, 6) is 0. The second-order valence-corrected chi connectivity index (χ2v) is 6.00. The van der Waals surface area contributed by atoms with Gasteiger partial charge in [0.15, 0.2) is 0 Å². The first-order valence-corrected chi connectivity index (χ1v) is 8.19. The summed E-state index contributed by atoms with van der Waals surface area (Å²) in [6, 6.07) is 17.8. The number of hydrogen-bond acceptors (Lipinski definition) is 2. The van der Waals surface area contributed by atoms with Gasteiger partial charge in [-0.25, -0.2) is 4.79 Å². The topological polar surface area (TPSA) is 35.6 Å². The first kappa shape index (κ1) is 15.7. The second-order valence-electron chi connectivity index (χ2n) is 5.59. The zero-order valence-electron chi connectivity index (χ0n) is 13.1. The lowest BCUT2D eigenvalue weighted by Gasteiger charge is -2.46. The van der Waals surface area contributed by atoms with E-state index < -0.39 is 0 Å². The Bertz CT molecular complexity index is 671. The van der Waals surface area contributed by atoms with E-state index in [0.717, 1.165) is 19.6 Å². The fourth-order valence-corrected chi connectivity index (χ4v) is 3.03. The number of nitrogens with one attached hydrogen (secondary N) is 1. The number of amides is 2. The molecule has 4 nitrogen and oxygen atoms in total. The third-order valence-corrected chi connectivity index (χ3v) is 4.46. The van der Waals surface area contributed by atoms with E-state index in [4.69, 9.17) is 11.6 Å². The molecule has 5 heteroatoms. The van der Waals surface area contributed by atoms with Crippen molar-refractivity contribution >= 4 is 29.0 Å². The van der Waals surface area contributed by atoms with Gasteiger partial charge in [0.1, 0.15) is 0 Å². The Morgan fingerprint density at radius 3 is 2.48 bits per heavy atom. The predicted molar refractivity (Wildman–Crippen MR) is 95.3 cm³/mol. The molecule has 2 aromatic rings. The highest BCUT2D eigenvalue weighted by molar-refractivity contribution is 6.33. The molecule has 1 aliphatic heterocycles. The molecule has 0 aliphatic carbocycles. The van der Waals surface area contributed by atoms with Gasteiger partial charge in [-0.3, -0.25) is 0 Å². The van der Waals surface area contributed by atoms with Gasteiger partial charge in [0.2, 0.25) is 0 Å². The summed E-state index contributed by atoms with van der Waals surface area (Å²) in [5, 5.41) is 3.42. The monoisotopic (exact) mass is 329 g/mol. The molecule has 0 aromatic heterocycles. The van der Waals surface area contributed by atoms with Gasteiger partial charge >= 0.3 is 6.03 Å². The molecule has 1 fully saturated rings. The van der Waals surface area contributed by atoms with Gasteiger partial charge in [-0.1, -0.05) is 41.9 Å². The molecule has 0 spiro atoms. The van der Waals surface area contributed by atoms with Gasteiger partial charge in [-0.15, -0.1) is 0 Å². The van der Waals surface area contributed by atoms with Gasteiger partial charge in [0, 0.05) is 25.3 Å². The van der Waals surface area contributed by atoms with Crippen LogP contribution in [-0.4, -0.2) is 36.6 Å². The van der Waals surface area contributed by atoms with Gasteiger partial charge in [0.05, 0.1) is 16.8 Å². The molecule has 1 heterocycles. The molecule has 2 aromatic carbocycles. The minimum atomic E-state index is -0.0986. The molecular weight excluding hydrogens is 310 g/mol. The fourth-order valence-electron chi connectivity index (χ4n) is 2.85. The molecule has 120 valence electrons. The first-order valence-electron chi connectivity index (χ1n) is 7.81. The quantitative estimate of drug-likeness (QED) is 0.917. The van der Waals surface area contributed by atoms with Crippen molar-refractivity contribution in [3.05, 3.63) is 59.6 Å². The SMILES string of the molecule is CCN(c1ccccc1)C1CN(C(=O)Nc2ccccc2Cl)C1. The van der Waals surface area contributed by atoms with Crippen molar-refractivity contribution in [1.29, 1.82) is 0 Å². The molecule has 2 amide bonds. The Kier molecular flexibility index (Phi) is 4.72. The van der Waals surface area contributed by atoms with E-state index in [2.05, 4.69) is 29.3 Å². The Morgan fingerprint density at radius 2 is 1.83 bits per heavy atom. The number of likely N-dealkylation sites (N-methyl/N-ethyl adjacent to an activating group) is 1. The molecule has 0 radical (unpaired) electrons. The van der Waals surface area contributed by atoms with Crippen LogP contribution in [-0.2, 0) is 0 Å². The summed E-state index contributed by atoms with van der Waals surface area (Å²) in [5.41, 5.74) is 1.85. The Labute approximate surface area is 141 Å². The molecule has 3 rings (SSSR count). The summed E-state index contributed by atoms with van der Waals surface area (Å²) >= 11 is 6.07. The number of benzene rings is 2. The van der Waals surface area contributed by atoms with Crippen LogP contribution >= 0.6 is 11.6 Å². The number of likely N-dealkylation sites (tertiary alicyclic amines) is 1. The van der Waals surface area contributed by atoms with E-state index >= 15 is 0 Å². The zero-order chi connectivity index (χ0) is 16.2. The molecular formula is C18H20ClN3O. The minimum Gasteiger partial charge on any atom is -0.365 e. The fraction of sp³-hybridized carbons (Fsp3) is 0.278. The van der Waals surface area contributed by atoms with E-state index in [0.29, 0.717) is 16.8 Å². The number of carbonyl (C=O) groups is 1. The summed E-state index contributed by atoms with van der Waals surface area (Å²) in [4.78, 5) is 16.4. The van der Waals surface area contributed by atoms with Crippen LogP contribution in [0, 0.1) is 0 Å². The predicted octanol–water partition coefficient (Wildman–Crippen LogP) is 4.08. The molecule has 1 N–H and O–H groups in total. The van der Waals surface area contributed by atoms with E-state index in [9.17, 15) is 4.79 Å². The van der Waals surface area contributed by atoms with Gasteiger partial charge in [-0.2, -0.15) is 0 Å². The van der Waals surface area contributed by atoms with Crippen molar-refractivity contribution in [2.24, 2.45) is 0 Å². The van der Waals surface area contributed by atoms with E-state index in [1.807, 2.05) is 30.3 Å². The lowest BCUT2D eigenvalue weighted by Crippen LogP contribution is -2.62. The van der Waals surface area contributed by atoms with Crippen LogP contribution in [0.3, 0.4) is 0 Å². The maximum absolute atomic E-state index is 12.3. The molecule has 23 heavy (non-hydrogen) atoms. The van der Waals surface area contributed by atoms with Crippen LogP contribution in [0.5, 0.6) is 0 Å². The van der Waals surface area contributed by atoms with Gasteiger partial charge < -0.3 is 15.1 Å². The number of para-hydroxylation sites is 2. The third kappa shape index (κ3) is 3.42. The lowest BCUT2D eigenvalue weighted by molar-refractivity contribution is 0.161. The number of nitrogens with zero attached hydrogens (tertiary/aromatic N) is 2. The average molecular weight is 330 g/mol. The smallest absolute Gasteiger partial charge is 0.322 e. The van der Waals surface area contributed by atoms with Crippen LogP contribution in [0.15, 0.2) is 54.6 Å².